The molecule has 36 heavy (non-hydrogen) atoms. The lowest BCUT2D eigenvalue weighted by atomic mass is 10.0. The van der Waals surface area contributed by atoms with Gasteiger partial charge in [-0.3, -0.25) is 24.5 Å². The molecule has 10 heteroatoms. The van der Waals surface area contributed by atoms with Gasteiger partial charge in [-0.05, 0) is 11.1 Å². The summed E-state index contributed by atoms with van der Waals surface area (Å²) in [4.78, 5) is 48.3. The molecular weight excluding hydrogens is 496 g/mol. The molecule has 1 N–H and O–H groups in total. The maximum absolute atomic E-state index is 13.8. The summed E-state index contributed by atoms with van der Waals surface area (Å²) < 4.78 is 6.11. The van der Waals surface area contributed by atoms with Gasteiger partial charge < -0.3 is 10.1 Å². The van der Waals surface area contributed by atoms with Crippen LogP contribution in [0.5, 0.6) is 0 Å². The molecular formula is C26H22N4O4S2. The van der Waals surface area contributed by atoms with E-state index in [-0.39, 0.29) is 17.0 Å². The Labute approximate surface area is 216 Å². The summed E-state index contributed by atoms with van der Waals surface area (Å²) in [5.74, 6) is 0.0732. The number of ether oxygens (including phenoxy) is 1. The van der Waals surface area contributed by atoms with Crippen molar-refractivity contribution in [1.82, 2.24) is 20.2 Å². The van der Waals surface area contributed by atoms with Crippen molar-refractivity contribution in [2.45, 2.75) is 23.3 Å². The van der Waals surface area contributed by atoms with Crippen LogP contribution in [0.3, 0.4) is 0 Å². The van der Waals surface area contributed by atoms with Crippen molar-refractivity contribution in [3.8, 4) is 0 Å². The zero-order valence-electron chi connectivity index (χ0n) is 19.0. The number of carbonyl (C=O) groups excluding carboxylic acids is 3. The van der Waals surface area contributed by atoms with E-state index >= 15 is 0 Å². The van der Waals surface area contributed by atoms with Crippen molar-refractivity contribution in [1.29, 1.82) is 0 Å². The highest BCUT2D eigenvalue weighted by atomic mass is 32.2. The van der Waals surface area contributed by atoms with E-state index in [2.05, 4.69) is 15.3 Å². The van der Waals surface area contributed by atoms with Gasteiger partial charge in [0.15, 0.2) is 6.10 Å². The minimum atomic E-state index is -0.666. The summed E-state index contributed by atoms with van der Waals surface area (Å²) in [7, 11) is 0. The number of amides is 2. The van der Waals surface area contributed by atoms with Gasteiger partial charge in [0.05, 0.1) is 5.69 Å². The van der Waals surface area contributed by atoms with E-state index in [1.54, 1.807) is 18.6 Å². The van der Waals surface area contributed by atoms with Crippen LogP contribution in [0.15, 0.2) is 89.9 Å². The fourth-order valence-corrected chi connectivity index (χ4v) is 6.63. The molecule has 0 spiro atoms. The monoisotopic (exact) mass is 518 g/mol. The normalized spacial score (nSPS) is 18.9. The molecule has 2 amide bonds. The lowest BCUT2D eigenvalue weighted by Gasteiger charge is -2.49. The molecule has 0 aliphatic carbocycles. The molecule has 2 aliphatic rings. The van der Waals surface area contributed by atoms with Crippen LogP contribution in [0.1, 0.15) is 22.9 Å². The Morgan fingerprint density at radius 3 is 2.44 bits per heavy atom. The zero-order valence-corrected chi connectivity index (χ0v) is 20.7. The van der Waals surface area contributed by atoms with Crippen LogP contribution in [0.2, 0.25) is 0 Å². The number of nitrogens with one attached hydrogen (secondary N) is 1. The van der Waals surface area contributed by atoms with Gasteiger partial charge in [-0.2, -0.15) is 0 Å². The summed E-state index contributed by atoms with van der Waals surface area (Å²) in [5.41, 5.74) is 2.63. The molecule has 1 saturated heterocycles. The number of carbonyl (C=O) groups is 3. The van der Waals surface area contributed by atoms with Gasteiger partial charge in [-0.1, -0.05) is 60.7 Å². The number of aromatic nitrogens is 2. The van der Waals surface area contributed by atoms with Crippen molar-refractivity contribution in [3.63, 3.8) is 0 Å². The molecule has 1 fully saturated rings. The van der Waals surface area contributed by atoms with Gasteiger partial charge in [0, 0.05) is 35.0 Å². The highest BCUT2D eigenvalue weighted by Gasteiger charge is 2.54. The number of rotatable bonds is 9. The fraction of sp³-hybridized carbons (Fsp3) is 0.192. The fourth-order valence-electron chi connectivity index (χ4n) is 4.10. The van der Waals surface area contributed by atoms with Crippen LogP contribution < -0.4 is 5.32 Å². The van der Waals surface area contributed by atoms with E-state index in [1.165, 1.54) is 28.4 Å². The van der Waals surface area contributed by atoms with Gasteiger partial charge in [0.25, 0.3) is 5.91 Å². The van der Waals surface area contributed by atoms with Crippen LogP contribution in [0, 0.1) is 0 Å². The Balaban J connectivity index is 1.47. The predicted octanol–water partition coefficient (Wildman–Crippen LogP) is 3.28. The molecule has 8 nitrogen and oxygen atoms in total. The summed E-state index contributed by atoms with van der Waals surface area (Å²) in [6, 6.07) is 18.3. The Morgan fingerprint density at radius 1 is 1.14 bits per heavy atom. The third kappa shape index (κ3) is 4.87. The van der Waals surface area contributed by atoms with Crippen LogP contribution in [0.4, 0.5) is 0 Å². The van der Waals surface area contributed by atoms with Gasteiger partial charge in [-0.15, -0.1) is 23.5 Å². The second-order valence-corrected chi connectivity index (χ2v) is 10.2. The molecule has 1 aromatic heterocycles. The van der Waals surface area contributed by atoms with E-state index in [9.17, 15) is 14.4 Å². The average molecular weight is 519 g/mol. The average Bonchev–Trinajstić information content (AvgIpc) is 2.94. The maximum Gasteiger partial charge on any atom is 0.356 e. The van der Waals surface area contributed by atoms with Crippen molar-refractivity contribution in [2.24, 2.45) is 0 Å². The molecule has 2 aliphatic heterocycles. The number of hydrogen-bond donors (Lipinski definition) is 1. The standard InChI is InChI=1S/C26H22N4O4S2/c31-16-29-21-24(32)30-22(20(15-36-25(21)30)35-14-19-13-27-11-12-28-19)26(33)34-23(17-7-3-1-4-8-17)18-9-5-2-6-10-18/h1-13,16,21,23,25H,14-15H2,(H,29,31)/t21-,25-/m1/s1. The van der Waals surface area contributed by atoms with E-state index in [1.807, 2.05) is 60.7 Å². The first-order valence-corrected chi connectivity index (χ1v) is 13.3. The largest absolute Gasteiger partial charge is 0.448 e. The van der Waals surface area contributed by atoms with Crippen molar-refractivity contribution in [2.75, 3.05) is 5.75 Å². The molecule has 0 saturated carbocycles. The van der Waals surface area contributed by atoms with Crippen LogP contribution >= 0.6 is 23.5 Å². The molecule has 2 aromatic carbocycles. The Hall–Kier alpha value is -3.63. The van der Waals surface area contributed by atoms with Crippen molar-refractivity contribution in [3.05, 3.63) is 107 Å². The predicted molar refractivity (Wildman–Crippen MR) is 137 cm³/mol. The zero-order chi connectivity index (χ0) is 24.9. The number of β-lactam (4-membered cyclic amide) rings is 1. The van der Waals surface area contributed by atoms with Gasteiger partial charge in [-0.25, -0.2) is 4.79 Å². The minimum absolute atomic E-state index is 0.221. The Kier molecular flexibility index (Phi) is 7.33. The second kappa shape index (κ2) is 11.0. The van der Waals surface area contributed by atoms with Crippen LogP contribution in [-0.4, -0.2) is 50.3 Å². The number of hydrogen-bond acceptors (Lipinski definition) is 8. The lowest BCUT2D eigenvalue weighted by molar-refractivity contribution is -0.154. The van der Waals surface area contributed by atoms with E-state index in [0.29, 0.717) is 17.9 Å². The summed E-state index contributed by atoms with van der Waals surface area (Å²) in [6.07, 6.45) is 4.76. The second-order valence-electron chi connectivity index (χ2n) is 8.04. The third-order valence-electron chi connectivity index (χ3n) is 5.81. The first-order chi connectivity index (χ1) is 17.7. The van der Waals surface area contributed by atoms with E-state index < -0.39 is 18.1 Å². The van der Waals surface area contributed by atoms with Crippen LogP contribution in [-0.2, 0) is 24.9 Å². The minimum Gasteiger partial charge on any atom is -0.448 e. The topological polar surface area (TPSA) is 101 Å². The molecule has 2 atom stereocenters. The highest BCUT2D eigenvalue weighted by Crippen LogP contribution is 2.44. The van der Waals surface area contributed by atoms with Crippen molar-refractivity contribution >= 4 is 41.8 Å². The maximum atomic E-state index is 13.8. The molecule has 0 radical (unpaired) electrons. The third-order valence-corrected chi connectivity index (χ3v) is 8.40. The van der Waals surface area contributed by atoms with Gasteiger partial charge in [0.1, 0.15) is 17.1 Å². The quantitative estimate of drug-likeness (QED) is 0.262. The lowest BCUT2D eigenvalue weighted by Crippen LogP contribution is -2.69. The summed E-state index contributed by atoms with van der Waals surface area (Å²) in [5, 5.41) is 2.20. The van der Waals surface area contributed by atoms with Gasteiger partial charge in [0.2, 0.25) is 6.41 Å². The Morgan fingerprint density at radius 2 is 1.83 bits per heavy atom. The SMILES string of the molecule is O=CN[C@@H]1C(=O)N2C(C(=O)OC(c3ccccc3)c3ccccc3)=C(SCc3cnccn3)CS[C@H]12. The smallest absolute Gasteiger partial charge is 0.356 e. The molecule has 5 rings (SSSR count). The molecule has 3 heterocycles. The summed E-state index contributed by atoms with van der Waals surface area (Å²) >= 11 is 2.94. The first kappa shape index (κ1) is 24.1. The number of fused-ring (bicyclic) bond motifs is 1. The highest BCUT2D eigenvalue weighted by molar-refractivity contribution is 8.05. The summed E-state index contributed by atoms with van der Waals surface area (Å²) in [6.45, 7) is 0. The molecule has 0 bridgehead atoms. The molecule has 182 valence electrons. The van der Waals surface area contributed by atoms with Crippen LogP contribution in [0.25, 0.3) is 0 Å². The van der Waals surface area contributed by atoms with E-state index in [0.717, 1.165) is 21.7 Å². The molecule has 0 unspecified atom stereocenters. The van der Waals surface area contributed by atoms with Gasteiger partial charge >= 0.3 is 5.97 Å². The number of nitrogens with zero attached hydrogens (tertiary/aromatic N) is 3. The van der Waals surface area contributed by atoms with Crippen molar-refractivity contribution < 1.29 is 19.1 Å². The number of benzene rings is 2. The number of thioether (sulfide) groups is 2. The number of esters is 1. The van der Waals surface area contributed by atoms with E-state index in [4.69, 9.17) is 4.74 Å². The first-order valence-electron chi connectivity index (χ1n) is 11.2. The molecule has 3 aromatic rings. The Bertz CT molecular complexity index is 1240.